The number of halogens is 2. The van der Waals surface area contributed by atoms with Crippen molar-refractivity contribution in [1.29, 1.82) is 0 Å². The Balaban J connectivity index is 1.37. The number of H-pyrrole nitrogens is 1. The molecule has 0 radical (unpaired) electrons. The summed E-state index contributed by atoms with van der Waals surface area (Å²) in [5, 5.41) is 10.8. The highest BCUT2D eigenvalue weighted by Gasteiger charge is 2.39. The summed E-state index contributed by atoms with van der Waals surface area (Å²) in [5.41, 5.74) is 2.48. The normalized spacial score (nSPS) is 21.0. The van der Waals surface area contributed by atoms with Crippen molar-refractivity contribution in [3.8, 4) is 5.75 Å². The van der Waals surface area contributed by atoms with Crippen LogP contribution < -0.4 is 9.38 Å². The Labute approximate surface area is 177 Å². The molecular formula is C19H16BClFN3O4S. The summed E-state index contributed by atoms with van der Waals surface area (Å²) in [6.45, 7) is 0. The number of nitrogens with zero attached hydrogens (tertiary/aromatic N) is 1. The molecule has 0 unspecified atom stereocenters. The molecule has 3 aromatic rings. The monoisotopic (exact) mass is 447 g/mol. The second kappa shape index (κ2) is 7.09. The van der Waals surface area contributed by atoms with Gasteiger partial charge in [0.05, 0.1) is 11.2 Å². The lowest BCUT2D eigenvalue weighted by Gasteiger charge is -2.39. The summed E-state index contributed by atoms with van der Waals surface area (Å²) in [5.74, 6) is 1.59. The number of aromatic amines is 1. The Hall–Kier alpha value is -2.40. The van der Waals surface area contributed by atoms with E-state index in [2.05, 4.69) is 14.7 Å². The Kier molecular flexibility index (Phi) is 4.62. The molecule has 0 spiro atoms. The smallest absolute Gasteiger partial charge is 0.531 e. The molecule has 3 heterocycles. The van der Waals surface area contributed by atoms with E-state index in [1.807, 2.05) is 6.07 Å². The third-order valence-corrected chi connectivity index (χ3v) is 7.50. The van der Waals surface area contributed by atoms with E-state index >= 15 is 0 Å². The number of benzene rings is 1. The van der Waals surface area contributed by atoms with E-state index in [4.69, 9.17) is 16.3 Å². The zero-order valence-electron chi connectivity index (χ0n) is 15.5. The molecule has 2 aliphatic rings. The van der Waals surface area contributed by atoms with E-state index in [1.165, 1.54) is 0 Å². The van der Waals surface area contributed by atoms with Gasteiger partial charge in [0, 0.05) is 23.2 Å². The molecular weight excluding hydrogens is 432 g/mol. The first-order valence-electron chi connectivity index (χ1n) is 9.32. The molecule has 1 fully saturated rings. The molecule has 1 aliphatic carbocycles. The number of hydrogen-bond donors (Lipinski definition) is 3. The first-order valence-corrected chi connectivity index (χ1v) is 11.2. The SMILES string of the molecule is O=S(=O)(NC1CC(C2=CB(O)Oc3cnc4[nH]ccc4c32)C1)c1ccc(F)cc1Cl. The largest absolute Gasteiger partial charge is 0.552 e. The van der Waals surface area contributed by atoms with Crippen molar-refractivity contribution < 1.29 is 22.5 Å². The van der Waals surface area contributed by atoms with E-state index in [0.29, 0.717) is 24.2 Å². The maximum absolute atomic E-state index is 13.2. The predicted octanol–water partition coefficient (Wildman–Crippen LogP) is 2.91. The van der Waals surface area contributed by atoms with Crippen molar-refractivity contribution in [2.45, 2.75) is 23.8 Å². The van der Waals surface area contributed by atoms with Crippen LogP contribution in [-0.4, -0.2) is 36.6 Å². The first-order chi connectivity index (χ1) is 14.3. The highest BCUT2D eigenvalue weighted by molar-refractivity contribution is 7.89. The second-order valence-corrected chi connectivity index (χ2v) is 9.52. The number of aromatic nitrogens is 2. The first kappa shape index (κ1) is 19.6. The maximum Gasteiger partial charge on any atom is 0.552 e. The van der Waals surface area contributed by atoms with Crippen LogP contribution in [0.1, 0.15) is 18.4 Å². The molecule has 30 heavy (non-hydrogen) atoms. The lowest BCUT2D eigenvalue weighted by atomic mass is 9.68. The van der Waals surface area contributed by atoms with Gasteiger partial charge in [-0.25, -0.2) is 22.5 Å². The molecule has 11 heteroatoms. The van der Waals surface area contributed by atoms with E-state index in [9.17, 15) is 17.8 Å². The van der Waals surface area contributed by atoms with Gasteiger partial charge in [-0.05, 0) is 54.6 Å². The fourth-order valence-electron chi connectivity index (χ4n) is 4.06. The van der Waals surface area contributed by atoms with Gasteiger partial charge >= 0.3 is 7.12 Å². The lowest BCUT2D eigenvalue weighted by molar-refractivity contribution is 0.308. The zero-order valence-corrected chi connectivity index (χ0v) is 17.0. The average Bonchev–Trinajstić information content (AvgIpc) is 3.12. The minimum Gasteiger partial charge on any atom is -0.531 e. The predicted molar refractivity (Wildman–Crippen MR) is 111 cm³/mol. The Bertz CT molecular complexity index is 1290. The highest BCUT2D eigenvalue weighted by atomic mass is 35.5. The molecule has 2 aromatic heterocycles. The van der Waals surface area contributed by atoms with Crippen molar-refractivity contribution in [1.82, 2.24) is 14.7 Å². The van der Waals surface area contributed by atoms with Crippen LogP contribution in [0.3, 0.4) is 0 Å². The molecule has 3 N–H and O–H groups in total. The summed E-state index contributed by atoms with van der Waals surface area (Å²) in [6, 6.07) is 4.78. The van der Waals surface area contributed by atoms with E-state index in [0.717, 1.165) is 34.7 Å². The molecule has 7 nitrogen and oxygen atoms in total. The van der Waals surface area contributed by atoms with Crippen LogP contribution in [0.15, 0.2) is 47.5 Å². The fraction of sp³-hybridized carbons (Fsp3) is 0.211. The topological polar surface area (TPSA) is 104 Å². The van der Waals surface area contributed by atoms with Gasteiger partial charge in [0.2, 0.25) is 10.0 Å². The molecule has 1 aliphatic heterocycles. The summed E-state index contributed by atoms with van der Waals surface area (Å²) in [7, 11) is -4.96. The molecule has 1 saturated carbocycles. The van der Waals surface area contributed by atoms with Gasteiger partial charge in [-0.15, -0.1) is 0 Å². The standard InChI is InChI=1S/C19H16BClFN3O4S/c21-15-7-11(22)1-2-17(15)30(27,28)25-12-5-10(6-12)14-8-20(26)29-16-9-24-19-13(18(14)16)3-4-23-19/h1-4,7-10,12,25-26H,5-6H2,(H,23,24). The van der Waals surface area contributed by atoms with Crippen LogP contribution in [0.25, 0.3) is 16.6 Å². The van der Waals surface area contributed by atoms with E-state index in [-0.39, 0.29) is 21.9 Å². The molecule has 5 rings (SSSR count). The van der Waals surface area contributed by atoms with Crippen LogP contribution in [0, 0.1) is 11.7 Å². The Morgan fingerprint density at radius 2 is 2.13 bits per heavy atom. The van der Waals surface area contributed by atoms with Crippen molar-refractivity contribution in [3.05, 3.63) is 59.0 Å². The van der Waals surface area contributed by atoms with Crippen molar-refractivity contribution >= 4 is 45.3 Å². The summed E-state index contributed by atoms with van der Waals surface area (Å²) >= 11 is 5.91. The highest BCUT2D eigenvalue weighted by Crippen LogP contribution is 2.46. The zero-order chi connectivity index (χ0) is 21.0. The maximum atomic E-state index is 13.2. The average molecular weight is 448 g/mol. The molecule has 0 atom stereocenters. The molecule has 0 saturated heterocycles. The van der Waals surface area contributed by atoms with Crippen LogP contribution >= 0.6 is 11.6 Å². The summed E-state index contributed by atoms with van der Waals surface area (Å²) in [4.78, 5) is 7.19. The van der Waals surface area contributed by atoms with Crippen LogP contribution in [0.5, 0.6) is 5.75 Å². The van der Waals surface area contributed by atoms with Gasteiger partial charge in [0.15, 0.2) is 0 Å². The Morgan fingerprint density at radius 3 is 2.90 bits per heavy atom. The van der Waals surface area contributed by atoms with Crippen LogP contribution in [0.4, 0.5) is 4.39 Å². The minimum absolute atomic E-state index is 0.0409. The number of fused-ring (bicyclic) bond motifs is 3. The van der Waals surface area contributed by atoms with Gasteiger partial charge in [-0.3, -0.25) is 0 Å². The number of allylic oxidation sites excluding steroid dienone is 1. The van der Waals surface area contributed by atoms with Gasteiger partial charge in [-0.1, -0.05) is 11.6 Å². The van der Waals surface area contributed by atoms with Crippen LogP contribution in [-0.2, 0) is 10.0 Å². The van der Waals surface area contributed by atoms with Crippen LogP contribution in [0.2, 0.25) is 5.02 Å². The third-order valence-electron chi connectivity index (χ3n) is 5.49. The summed E-state index contributed by atoms with van der Waals surface area (Å²) in [6.07, 6.45) is 4.44. The fourth-order valence-corrected chi connectivity index (χ4v) is 5.86. The second-order valence-electron chi connectivity index (χ2n) is 7.43. The Morgan fingerprint density at radius 1 is 1.33 bits per heavy atom. The quantitative estimate of drug-likeness (QED) is 0.534. The van der Waals surface area contributed by atoms with Crippen molar-refractivity contribution in [2.75, 3.05) is 0 Å². The number of pyridine rings is 1. The van der Waals surface area contributed by atoms with Gasteiger partial charge in [-0.2, -0.15) is 0 Å². The molecule has 0 amide bonds. The van der Waals surface area contributed by atoms with Gasteiger partial charge < -0.3 is 14.7 Å². The molecule has 0 bridgehead atoms. The third kappa shape index (κ3) is 3.29. The van der Waals surface area contributed by atoms with E-state index in [1.54, 1.807) is 18.4 Å². The number of rotatable bonds is 4. The van der Waals surface area contributed by atoms with Gasteiger partial charge in [0.25, 0.3) is 0 Å². The van der Waals surface area contributed by atoms with E-state index < -0.39 is 23.0 Å². The minimum atomic E-state index is -3.88. The van der Waals surface area contributed by atoms with Crippen molar-refractivity contribution in [3.63, 3.8) is 0 Å². The lowest BCUT2D eigenvalue weighted by Crippen LogP contribution is -2.45. The number of nitrogens with one attached hydrogen (secondary N) is 2. The molecule has 154 valence electrons. The summed E-state index contributed by atoms with van der Waals surface area (Å²) < 4.78 is 46.6. The van der Waals surface area contributed by atoms with Gasteiger partial charge in [0.1, 0.15) is 22.1 Å². The molecule has 1 aromatic carbocycles. The number of sulfonamides is 1. The van der Waals surface area contributed by atoms with Crippen molar-refractivity contribution in [2.24, 2.45) is 5.92 Å². The number of hydrogen-bond acceptors (Lipinski definition) is 5.